The van der Waals surface area contributed by atoms with Crippen LogP contribution in [0.2, 0.25) is 0 Å². The predicted molar refractivity (Wildman–Crippen MR) is 106 cm³/mol. The number of rotatable bonds is 10. The van der Waals surface area contributed by atoms with Crippen LogP contribution in [0.25, 0.3) is 0 Å². The lowest BCUT2D eigenvalue weighted by molar-refractivity contribution is -0.150. The Morgan fingerprint density at radius 2 is 1.36 bits per heavy atom. The topological polar surface area (TPSA) is 26.3 Å². The number of hydrogen-bond donors (Lipinski definition) is 0. The van der Waals surface area contributed by atoms with E-state index in [-0.39, 0.29) is 11.9 Å². The minimum absolute atomic E-state index is 0.0760. The Morgan fingerprint density at radius 1 is 0.760 bits per heavy atom. The van der Waals surface area contributed by atoms with Crippen LogP contribution in [0.1, 0.15) is 110 Å². The van der Waals surface area contributed by atoms with Crippen molar-refractivity contribution in [3.63, 3.8) is 0 Å². The van der Waals surface area contributed by atoms with Crippen LogP contribution in [-0.2, 0) is 9.53 Å². The van der Waals surface area contributed by atoms with E-state index in [4.69, 9.17) is 4.74 Å². The van der Waals surface area contributed by atoms with Crippen molar-refractivity contribution >= 4 is 5.97 Å². The van der Waals surface area contributed by atoms with Gasteiger partial charge in [0, 0.05) is 0 Å². The Bertz CT molecular complexity index is 349. The van der Waals surface area contributed by atoms with Crippen LogP contribution in [0.5, 0.6) is 0 Å². The molecule has 2 heteroatoms. The van der Waals surface area contributed by atoms with Crippen LogP contribution in [-0.4, -0.2) is 12.6 Å². The van der Waals surface area contributed by atoms with Gasteiger partial charge in [0.25, 0.3) is 0 Å². The summed E-state index contributed by atoms with van der Waals surface area (Å²) in [6.07, 6.45) is 20.0. The van der Waals surface area contributed by atoms with E-state index in [0.717, 1.165) is 37.0 Å². The summed E-state index contributed by atoms with van der Waals surface area (Å²) in [7, 11) is 0. The fourth-order valence-corrected chi connectivity index (χ4v) is 5.13. The maximum atomic E-state index is 12.0. The van der Waals surface area contributed by atoms with Crippen molar-refractivity contribution in [3.8, 4) is 0 Å². The summed E-state index contributed by atoms with van der Waals surface area (Å²) in [6, 6.07) is 0. The summed E-state index contributed by atoms with van der Waals surface area (Å²) in [5.74, 6) is 3.12. The maximum absolute atomic E-state index is 12.0. The van der Waals surface area contributed by atoms with E-state index >= 15 is 0 Å². The van der Waals surface area contributed by atoms with Gasteiger partial charge < -0.3 is 4.74 Å². The zero-order valence-corrected chi connectivity index (χ0v) is 16.9. The van der Waals surface area contributed by atoms with Gasteiger partial charge in [-0.05, 0) is 62.7 Å². The van der Waals surface area contributed by atoms with Crippen LogP contribution >= 0.6 is 0 Å². The Morgan fingerprint density at radius 3 is 1.96 bits per heavy atom. The molecule has 2 nitrogen and oxygen atoms in total. The fourth-order valence-electron chi connectivity index (χ4n) is 5.13. The second-order valence-corrected chi connectivity index (χ2v) is 8.76. The average molecular weight is 351 g/mol. The minimum atomic E-state index is 0.0760. The fraction of sp³-hybridized carbons (Fsp3) is 0.957. The monoisotopic (exact) mass is 350 g/mol. The molecule has 0 radical (unpaired) electrons. The van der Waals surface area contributed by atoms with E-state index in [1.807, 2.05) is 0 Å². The highest BCUT2D eigenvalue weighted by atomic mass is 16.5. The van der Waals surface area contributed by atoms with Crippen molar-refractivity contribution in [3.05, 3.63) is 0 Å². The number of ether oxygens (including phenoxy) is 1. The van der Waals surface area contributed by atoms with Gasteiger partial charge >= 0.3 is 5.97 Å². The van der Waals surface area contributed by atoms with Crippen molar-refractivity contribution in [1.82, 2.24) is 0 Å². The molecule has 2 saturated carbocycles. The number of carbonyl (C=O) groups is 1. The highest BCUT2D eigenvalue weighted by Gasteiger charge is 2.33. The first-order valence-corrected chi connectivity index (χ1v) is 11.4. The first-order valence-electron chi connectivity index (χ1n) is 11.4. The molecule has 25 heavy (non-hydrogen) atoms. The van der Waals surface area contributed by atoms with Crippen molar-refractivity contribution in [2.24, 2.45) is 23.7 Å². The molecule has 2 rings (SSSR count). The van der Waals surface area contributed by atoms with Gasteiger partial charge in [0.1, 0.15) is 0 Å². The average Bonchev–Trinajstić information content (AvgIpc) is 2.66. The summed E-state index contributed by atoms with van der Waals surface area (Å²) in [4.78, 5) is 12.0. The number of carbonyl (C=O) groups excluding carboxylic acids is 1. The van der Waals surface area contributed by atoms with Crippen LogP contribution < -0.4 is 0 Å². The van der Waals surface area contributed by atoms with E-state index in [1.165, 1.54) is 77.0 Å². The van der Waals surface area contributed by atoms with E-state index in [1.54, 1.807) is 0 Å². The second-order valence-electron chi connectivity index (χ2n) is 8.76. The smallest absolute Gasteiger partial charge is 0.308 e. The third-order valence-corrected chi connectivity index (χ3v) is 6.83. The molecule has 0 aromatic heterocycles. The summed E-state index contributed by atoms with van der Waals surface area (Å²) in [5, 5.41) is 0. The molecule has 2 aliphatic carbocycles. The SMILES string of the molecule is CCCCCCC[C@H]1CC[C@H]([C@H]2CC[C@H](C(=O)OCCC)CC2)CC1. The predicted octanol–water partition coefficient (Wildman–Crippen LogP) is 6.91. The molecule has 0 heterocycles. The Balaban J connectivity index is 1.58. The lowest BCUT2D eigenvalue weighted by Gasteiger charge is -2.37. The first-order chi connectivity index (χ1) is 12.2. The van der Waals surface area contributed by atoms with Gasteiger partial charge in [-0.2, -0.15) is 0 Å². The van der Waals surface area contributed by atoms with Crippen LogP contribution in [0, 0.1) is 23.7 Å². The molecule has 0 bridgehead atoms. The third-order valence-electron chi connectivity index (χ3n) is 6.83. The highest BCUT2D eigenvalue weighted by Crippen LogP contribution is 2.42. The van der Waals surface area contributed by atoms with Crippen LogP contribution in [0.3, 0.4) is 0 Å². The Labute approximate surface area is 156 Å². The van der Waals surface area contributed by atoms with Crippen LogP contribution in [0.15, 0.2) is 0 Å². The van der Waals surface area contributed by atoms with Crippen molar-refractivity contribution in [2.75, 3.05) is 6.61 Å². The lowest BCUT2D eigenvalue weighted by atomic mass is 9.68. The zero-order chi connectivity index (χ0) is 17.9. The summed E-state index contributed by atoms with van der Waals surface area (Å²) >= 11 is 0. The second kappa shape index (κ2) is 12.0. The molecule has 146 valence electrons. The lowest BCUT2D eigenvalue weighted by Crippen LogP contribution is -2.29. The quantitative estimate of drug-likeness (QED) is 0.316. The van der Waals surface area contributed by atoms with Gasteiger partial charge in [-0.25, -0.2) is 0 Å². The van der Waals surface area contributed by atoms with Gasteiger partial charge in [-0.15, -0.1) is 0 Å². The summed E-state index contributed by atoms with van der Waals surface area (Å²) in [5.41, 5.74) is 0. The largest absolute Gasteiger partial charge is 0.465 e. The Hall–Kier alpha value is -0.530. The molecular formula is C23H42O2. The van der Waals surface area contributed by atoms with Gasteiger partial charge in [0.15, 0.2) is 0 Å². The van der Waals surface area contributed by atoms with E-state index in [2.05, 4.69) is 13.8 Å². The Kier molecular flexibility index (Phi) is 9.94. The van der Waals surface area contributed by atoms with Crippen molar-refractivity contribution < 1.29 is 9.53 Å². The van der Waals surface area contributed by atoms with Gasteiger partial charge in [0.05, 0.1) is 12.5 Å². The van der Waals surface area contributed by atoms with E-state index < -0.39 is 0 Å². The molecule has 0 atom stereocenters. The minimum Gasteiger partial charge on any atom is -0.465 e. The molecule has 2 fully saturated rings. The highest BCUT2D eigenvalue weighted by molar-refractivity contribution is 5.72. The van der Waals surface area contributed by atoms with Gasteiger partial charge in [0.2, 0.25) is 0 Å². The van der Waals surface area contributed by atoms with Crippen molar-refractivity contribution in [2.45, 2.75) is 110 Å². The molecule has 2 aliphatic rings. The maximum Gasteiger partial charge on any atom is 0.308 e. The summed E-state index contributed by atoms with van der Waals surface area (Å²) in [6.45, 7) is 4.95. The molecule has 0 spiro atoms. The molecular weight excluding hydrogens is 308 g/mol. The van der Waals surface area contributed by atoms with Gasteiger partial charge in [-0.1, -0.05) is 65.2 Å². The van der Waals surface area contributed by atoms with E-state index in [9.17, 15) is 4.79 Å². The van der Waals surface area contributed by atoms with Crippen molar-refractivity contribution in [1.29, 1.82) is 0 Å². The normalized spacial score (nSPS) is 30.2. The molecule has 0 aromatic rings. The molecule has 0 unspecified atom stereocenters. The number of esters is 1. The number of hydrogen-bond acceptors (Lipinski definition) is 2. The standard InChI is InChI=1S/C23H42O2/c1-3-5-6-7-8-9-19-10-12-20(13-11-19)21-14-16-22(17-15-21)23(24)25-18-4-2/h19-22H,3-18H2,1-2H3/t19-,20-,21-,22-. The molecule has 0 aliphatic heterocycles. The molecule has 0 saturated heterocycles. The molecule has 0 aromatic carbocycles. The first kappa shape index (κ1) is 20.8. The van der Waals surface area contributed by atoms with Crippen LogP contribution in [0.4, 0.5) is 0 Å². The molecule has 0 N–H and O–H groups in total. The van der Waals surface area contributed by atoms with E-state index in [0.29, 0.717) is 6.61 Å². The zero-order valence-electron chi connectivity index (χ0n) is 16.9. The number of unbranched alkanes of at least 4 members (excludes halogenated alkanes) is 4. The third kappa shape index (κ3) is 7.31. The molecule has 0 amide bonds. The van der Waals surface area contributed by atoms with Gasteiger partial charge in [-0.3, -0.25) is 4.79 Å². The summed E-state index contributed by atoms with van der Waals surface area (Å²) < 4.78 is 5.35.